The molecular formula is C13H13BrOS2. The Morgan fingerprint density at radius 1 is 1.24 bits per heavy atom. The largest absolute Gasteiger partial charge is 0.287 e. The number of ketones is 1. The van der Waals surface area contributed by atoms with E-state index in [9.17, 15) is 4.79 Å². The Bertz CT molecular complexity index is 546. The molecule has 1 nitrogen and oxygen atoms in total. The monoisotopic (exact) mass is 328 g/mol. The molecule has 0 unspecified atom stereocenters. The van der Waals surface area contributed by atoms with Gasteiger partial charge in [0.2, 0.25) is 5.78 Å². The van der Waals surface area contributed by atoms with Crippen molar-refractivity contribution in [2.45, 2.75) is 26.2 Å². The van der Waals surface area contributed by atoms with Crippen LogP contribution in [0.5, 0.6) is 0 Å². The van der Waals surface area contributed by atoms with Crippen molar-refractivity contribution in [3.05, 3.63) is 42.7 Å². The smallest absolute Gasteiger partial charge is 0.214 e. The molecule has 90 valence electrons. The molecule has 0 radical (unpaired) electrons. The predicted molar refractivity (Wildman–Crippen MR) is 78.5 cm³/mol. The lowest BCUT2D eigenvalue weighted by atomic mass is 9.95. The van der Waals surface area contributed by atoms with Crippen LogP contribution in [-0.2, 0) is 5.41 Å². The van der Waals surface area contributed by atoms with Crippen LogP contribution < -0.4 is 0 Å². The van der Waals surface area contributed by atoms with E-state index in [4.69, 9.17) is 0 Å². The standard InChI is InChI=1S/C13H13BrOS2/c1-13(2,3)10-5-4-9(17-10)11(15)12-8(14)6-7-16-12/h4-7H,1-3H3. The molecule has 4 heteroatoms. The van der Waals surface area contributed by atoms with Crippen molar-refractivity contribution >= 4 is 44.4 Å². The van der Waals surface area contributed by atoms with Gasteiger partial charge in [0.05, 0.1) is 9.75 Å². The zero-order valence-corrected chi connectivity index (χ0v) is 13.1. The summed E-state index contributed by atoms with van der Waals surface area (Å²) in [6.45, 7) is 6.48. The Morgan fingerprint density at radius 3 is 2.41 bits per heavy atom. The molecule has 2 rings (SSSR count). The van der Waals surface area contributed by atoms with Gasteiger partial charge in [-0.25, -0.2) is 0 Å². The van der Waals surface area contributed by atoms with Crippen molar-refractivity contribution < 1.29 is 4.79 Å². The van der Waals surface area contributed by atoms with Gasteiger partial charge in [-0.05, 0) is 44.9 Å². The third-order valence-corrected chi connectivity index (χ3v) is 5.74. The van der Waals surface area contributed by atoms with Crippen LogP contribution in [0.2, 0.25) is 0 Å². The second-order valence-electron chi connectivity index (χ2n) is 4.84. The molecule has 0 fully saturated rings. The fourth-order valence-electron chi connectivity index (χ4n) is 1.43. The first kappa shape index (κ1) is 13.0. The van der Waals surface area contributed by atoms with Gasteiger partial charge in [-0.1, -0.05) is 20.8 Å². The number of hydrogen-bond acceptors (Lipinski definition) is 3. The van der Waals surface area contributed by atoms with Gasteiger partial charge < -0.3 is 0 Å². The number of carbonyl (C=O) groups is 1. The lowest BCUT2D eigenvalue weighted by Gasteiger charge is -2.15. The Balaban J connectivity index is 2.33. The van der Waals surface area contributed by atoms with Crippen molar-refractivity contribution in [3.63, 3.8) is 0 Å². The molecule has 0 aromatic carbocycles. The number of thiophene rings is 2. The highest BCUT2D eigenvalue weighted by Crippen LogP contribution is 2.32. The van der Waals surface area contributed by atoms with Crippen molar-refractivity contribution in [1.29, 1.82) is 0 Å². The molecule has 0 aliphatic heterocycles. The van der Waals surface area contributed by atoms with E-state index in [2.05, 4.69) is 42.8 Å². The summed E-state index contributed by atoms with van der Waals surface area (Å²) in [5, 5.41) is 1.93. The zero-order valence-electron chi connectivity index (χ0n) is 9.91. The fraction of sp³-hybridized carbons (Fsp3) is 0.308. The number of hydrogen-bond donors (Lipinski definition) is 0. The van der Waals surface area contributed by atoms with Crippen LogP contribution in [0.1, 0.15) is 40.2 Å². The molecule has 0 saturated carbocycles. The van der Waals surface area contributed by atoms with Crippen LogP contribution in [0, 0.1) is 0 Å². The van der Waals surface area contributed by atoms with E-state index in [0.717, 1.165) is 14.2 Å². The highest BCUT2D eigenvalue weighted by Gasteiger charge is 2.20. The summed E-state index contributed by atoms with van der Waals surface area (Å²) in [5.41, 5.74) is 0.107. The summed E-state index contributed by atoms with van der Waals surface area (Å²) in [6, 6.07) is 5.90. The molecule has 2 aromatic rings. The third-order valence-electron chi connectivity index (χ3n) is 2.39. The van der Waals surface area contributed by atoms with Crippen LogP contribution in [0.4, 0.5) is 0 Å². The van der Waals surface area contributed by atoms with Crippen molar-refractivity contribution in [1.82, 2.24) is 0 Å². The third kappa shape index (κ3) is 2.69. The van der Waals surface area contributed by atoms with E-state index in [1.54, 1.807) is 11.3 Å². The first-order valence-electron chi connectivity index (χ1n) is 5.27. The van der Waals surface area contributed by atoms with E-state index < -0.39 is 0 Å². The molecule has 0 bridgehead atoms. The minimum atomic E-state index is 0.107. The molecule has 0 N–H and O–H groups in total. The Morgan fingerprint density at radius 2 is 1.94 bits per heavy atom. The SMILES string of the molecule is CC(C)(C)c1ccc(C(=O)c2sccc2Br)s1. The van der Waals surface area contributed by atoms with Gasteiger partial charge in [0, 0.05) is 9.35 Å². The Hall–Kier alpha value is -0.450. The lowest BCUT2D eigenvalue weighted by molar-refractivity contribution is 0.104. The number of carbonyl (C=O) groups excluding carboxylic acids is 1. The highest BCUT2D eigenvalue weighted by atomic mass is 79.9. The molecule has 0 saturated heterocycles. The van der Waals surface area contributed by atoms with E-state index in [-0.39, 0.29) is 11.2 Å². The van der Waals surface area contributed by atoms with E-state index in [1.807, 2.05) is 17.5 Å². The van der Waals surface area contributed by atoms with Gasteiger partial charge in [0.25, 0.3) is 0 Å². The van der Waals surface area contributed by atoms with E-state index in [0.29, 0.717) is 0 Å². The highest BCUT2D eigenvalue weighted by molar-refractivity contribution is 9.10. The first-order valence-corrected chi connectivity index (χ1v) is 7.76. The second-order valence-corrected chi connectivity index (χ2v) is 7.69. The predicted octanol–water partition coefficient (Wildman–Crippen LogP) is 5.10. The van der Waals surface area contributed by atoms with Gasteiger partial charge in [-0.2, -0.15) is 0 Å². The Kier molecular flexibility index (Phi) is 3.57. The average Bonchev–Trinajstić information content (AvgIpc) is 2.83. The normalized spacial score (nSPS) is 11.8. The Labute approximate surface area is 118 Å². The lowest BCUT2D eigenvalue weighted by Crippen LogP contribution is -2.07. The summed E-state index contributed by atoms with van der Waals surface area (Å²) in [6.07, 6.45) is 0. The number of halogens is 1. The second kappa shape index (κ2) is 4.67. The summed E-state index contributed by atoms with van der Waals surface area (Å²) in [4.78, 5) is 15.1. The van der Waals surface area contributed by atoms with Gasteiger partial charge >= 0.3 is 0 Å². The summed E-state index contributed by atoms with van der Waals surface area (Å²) in [5.74, 6) is 0.118. The van der Waals surface area contributed by atoms with E-state index in [1.165, 1.54) is 16.2 Å². The van der Waals surface area contributed by atoms with Gasteiger partial charge in [-0.3, -0.25) is 4.79 Å². The molecule has 0 amide bonds. The molecule has 2 aromatic heterocycles. The average molecular weight is 329 g/mol. The topological polar surface area (TPSA) is 17.1 Å². The van der Waals surface area contributed by atoms with Crippen LogP contribution >= 0.6 is 38.6 Å². The number of rotatable bonds is 2. The quantitative estimate of drug-likeness (QED) is 0.701. The summed E-state index contributed by atoms with van der Waals surface area (Å²) >= 11 is 6.48. The van der Waals surface area contributed by atoms with Crippen molar-refractivity contribution in [3.8, 4) is 0 Å². The van der Waals surface area contributed by atoms with Crippen LogP contribution in [-0.4, -0.2) is 5.78 Å². The summed E-state index contributed by atoms with van der Waals surface area (Å²) < 4.78 is 0.887. The van der Waals surface area contributed by atoms with Gasteiger partial charge in [0.15, 0.2) is 0 Å². The van der Waals surface area contributed by atoms with Gasteiger partial charge in [-0.15, -0.1) is 22.7 Å². The molecule has 0 aliphatic carbocycles. The maximum absolute atomic E-state index is 12.3. The maximum atomic E-state index is 12.3. The molecule has 0 spiro atoms. The molecule has 0 atom stereocenters. The van der Waals surface area contributed by atoms with Crippen LogP contribution in [0.25, 0.3) is 0 Å². The first-order chi connectivity index (χ1) is 7.89. The van der Waals surface area contributed by atoms with Crippen molar-refractivity contribution in [2.75, 3.05) is 0 Å². The molecular weight excluding hydrogens is 316 g/mol. The summed E-state index contributed by atoms with van der Waals surface area (Å²) in [7, 11) is 0. The molecule has 17 heavy (non-hydrogen) atoms. The van der Waals surface area contributed by atoms with E-state index >= 15 is 0 Å². The van der Waals surface area contributed by atoms with Crippen molar-refractivity contribution in [2.24, 2.45) is 0 Å². The van der Waals surface area contributed by atoms with Crippen LogP contribution in [0.3, 0.4) is 0 Å². The molecule has 2 heterocycles. The van der Waals surface area contributed by atoms with Crippen LogP contribution in [0.15, 0.2) is 28.1 Å². The molecule has 0 aliphatic rings. The van der Waals surface area contributed by atoms with Gasteiger partial charge in [0.1, 0.15) is 0 Å². The maximum Gasteiger partial charge on any atom is 0.214 e. The minimum absolute atomic E-state index is 0.107. The fourth-order valence-corrected chi connectivity index (χ4v) is 4.01. The zero-order chi connectivity index (χ0) is 12.6. The minimum Gasteiger partial charge on any atom is -0.287 e.